The fraction of sp³-hybridized carbons (Fsp3) is 0.269. The zero-order valence-corrected chi connectivity index (χ0v) is 18.4. The van der Waals surface area contributed by atoms with E-state index < -0.39 is 17.7 Å². The van der Waals surface area contributed by atoms with Crippen molar-refractivity contribution in [1.29, 1.82) is 0 Å². The van der Waals surface area contributed by atoms with Gasteiger partial charge in [-0.25, -0.2) is 13.6 Å². The lowest BCUT2D eigenvalue weighted by molar-refractivity contribution is 0.185. The highest BCUT2D eigenvalue weighted by Crippen LogP contribution is 2.29. The maximum atomic E-state index is 14.2. The van der Waals surface area contributed by atoms with E-state index in [4.69, 9.17) is 4.74 Å². The maximum absolute atomic E-state index is 14.2. The number of amides is 2. The molecule has 4 rings (SSSR count). The Kier molecular flexibility index (Phi) is 6.12. The Hall–Kier alpha value is -3.41. The maximum Gasteiger partial charge on any atom is 0.322 e. The van der Waals surface area contributed by atoms with Crippen LogP contribution in [0.3, 0.4) is 0 Å². The number of halogens is 2. The minimum atomic E-state index is -0.801. The van der Waals surface area contributed by atoms with Crippen molar-refractivity contribution in [2.75, 3.05) is 12.4 Å². The van der Waals surface area contributed by atoms with Gasteiger partial charge in [-0.2, -0.15) is 0 Å². The lowest BCUT2D eigenvalue weighted by Gasteiger charge is -2.30. The molecule has 1 aliphatic rings. The predicted molar refractivity (Wildman–Crippen MR) is 121 cm³/mol. The number of carbonyl (C=O) groups is 1. The van der Waals surface area contributed by atoms with E-state index in [0.717, 1.165) is 47.4 Å². The van der Waals surface area contributed by atoms with E-state index in [0.29, 0.717) is 6.54 Å². The Bertz CT molecular complexity index is 1140. The molecule has 0 spiro atoms. The Labute approximate surface area is 186 Å². The number of aryl methyl sites for hydroxylation is 2. The number of nitrogens with one attached hydrogen (secondary N) is 1. The molecule has 0 aromatic heterocycles. The lowest BCUT2D eigenvalue weighted by atomic mass is 10.0. The van der Waals surface area contributed by atoms with Gasteiger partial charge in [0.15, 0.2) is 0 Å². The molecule has 0 saturated heterocycles. The minimum Gasteiger partial charge on any atom is -0.496 e. The molecule has 0 heterocycles. The highest BCUT2D eigenvalue weighted by Gasteiger charge is 2.31. The van der Waals surface area contributed by atoms with Crippen LogP contribution in [0.25, 0.3) is 0 Å². The number of carbonyl (C=O) groups excluding carboxylic acids is 1. The van der Waals surface area contributed by atoms with E-state index in [2.05, 4.69) is 17.4 Å². The molecule has 0 fully saturated rings. The molecule has 166 valence electrons. The van der Waals surface area contributed by atoms with Crippen molar-refractivity contribution in [2.45, 2.75) is 39.3 Å². The lowest BCUT2D eigenvalue weighted by Crippen LogP contribution is -2.43. The molecule has 1 N–H and O–H groups in total. The van der Waals surface area contributed by atoms with Gasteiger partial charge in [0.1, 0.15) is 17.4 Å². The molecule has 0 atom stereocenters. The van der Waals surface area contributed by atoms with Crippen LogP contribution >= 0.6 is 0 Å². The van der Waals surface area contributed by atoms with Crippen LogP contribution in [0.5, 0.6) is 5.75 Å². The first-order valence-electron chi connectivity index (χ1n) is 10.6. The van der Waals surface area contributed by atoms with Gasteiger partial charge in [0, 0.05) is 18.7 Å². The van der Waals surface area contributed by atoms with E-state index in [1.807, 2.05) is 38.1 Å². The number of nitrogens with zero attached hydrogens (tertiary/aromatic N) is 1. The van der Waals surface area contributed by atoms with Crippen LogP contribution in [0.2, 0.25) is 0 Å². The summed E-state index contributed by atoms with van der Waals surface area (Å²) in [5.41, 5.74) is 5.37. The van der Waals surface area contributed by atoms with E-state index in [-0.39, 0.29) is 11.7 Å². The average Bonchev–Trinajstić information content (AvgIpc) is 3.19. The molecular formula is C26H26F2N2O2. The van der Waals surface area contributed by atoms with E-state index in [9.17, 15) is 13.6 Å². The van der Waals surface area contributed by atoms with E-state index >= 15 is 0 Å². The van der Waals surface area contributed by atoms with Gasteiger partial charge in [0.2, 0.25) is 0 Å². The molecule has 0 radical (unpaired) electrons. The number of fused-ring (bicyclic) bond motifs is 1. The fourth-order valence-electron chi connectivity index (χ4n) is 4.32. The van der Waals surface area contributed by atoms with E-state index in [1.54, 1.807) is 12.0 Å². The third-order valence-corrected chi connectivity index (χ3v) is 6.10. The molecular weight excluding hydrogens is 410 g/mol. The Morgan fingerprint density at radius 3 is 2.34 bits per heavy atom. The molecule has 3 aromatic carbocycles. The van der Waals surface area contributed by atoms with E-state index in [1.165, 1.54) is 17.2 Å². The second-order valence-corrected chi connectivity index (χ2v) is 8.26. The number of urea groups is 1. The zero-order chi connectivity index (χ0) is 22.8. The summed E-state index contributed by atoms with van der Waals surface area (Å²) in [6, 6.07) is 14.8. The first kappa shape index (κ1) is 21.8. The third kappa shape index (κ3) is 4.44. The summed E-state index contributed by atoms with van der Waals surface area (Å²) in [5.74, 6) is -0.693. The molecule has 0 unspecified atom stereocenters. The van der Waals surface area contributed by atoms with Crippen molar-refractivity contribution >= 4 is 11.7 Å². The number of anilines is 1. The first-order valence-corrected chi connectivity index (χ1v) is 10.6. The van der Waals surface area contributed by atoms with Gasteiger partial charge in [0.25, 0.3) is 0 Å². The summed E-state index contributed by atoms with van der Waals surface area (Å²) in [7, 11) is 1.63. The van der Waals surface area contributed by atoms with Gasteiger partial charge in [0.05, 0.1) is 12.8 Å². The van der Waals surface area contributed by atoms with Gasteiger partial charge in [-0.05, 0) is 72.7 Å². The number of hydrogen-bond acceptors (Lipinski definition) is 2. The second kappa shape index (κ2) is 8.99. The number of benzene rings is 3. The Balaban J connectivity index is 1.64. The highest BCUT2D eigenvalue weighted by atomic mass is 19.1. The van der Waals surface area contributed by atoms with Gasteiger partial charge in [-0.3, -0.25) is 0 Å². The van der Waals surface area contributed by atoms with Gasteiger partial charge in [-0.1, -0.05) is 30.3 Å². The van der Waals surface area contributed by atoms with Crippen LogP contribution < -0.4 is 10.1 Å². The van der Waals surface area contributed by atoms with Crippen LogP contribution in [0.4, 0.5) is 19.3 Å². The van der Waals surface area contributed by atoms with Crippen LogP contribution in [0.15, 0.2) is 54.6 Å². The molecule has 4 nitrogen and oxygen atoms in total. The van der Waals surface area contributed by atoms with Crippen LogP contribution in [-0.4, -0.2) is 24.1 Å². The topological polar surface area (TPSA) is 41.6 Å². The minimum absolute atomic E-state index is 0.0421. The Morgan fingerprint density at radius 2 is 1.72 bits per heavy atom. The van der Waals surface area contributed by atoms with Crippen LogP contribution in [-0.2, 0) is 19.4 Å². The second-order valence-electron chi connectivity index (χ2n) is 8.26. The molecule has 0 saturated carbocycles. The number of hydrogen-bond donors (Lipinski definition) is 1. The summed E-state index contributed by atoms with van der Waals surface area (Å²) in [4.78, 5) is 15.1. The molecule has 0 aliphatic heterocycles. The molecule has 6 heteroatoms. The summed E-state index contributed by atoms with van der Waals surface area (Å²) in [5, 5.41) is 2.64. The third-order valence-electron chi connectivity index (χ3n) is 6.10. The van der Waals surface area contributed by atoms with Gasteiger partial charge < -0.3 is 15.0 Å². The summed E-state index contributed by atoms with van der Waals surface area (Å²) in [6.45, 7) is 4.31. The predicted octanol–water partition coefficient (Wildman–Crippen LogP) is 5.79. The number of rotatable bonds is 5. The summed E-state index contributed by atoms with van der Waals surface area (Å²) in [6.07, 6.45) is 1.45. The molecule has 32 heavy (non-hydrogen) atoms. The SMILES string of the molecule is COc1cc(C)c(CN(C(=O)Nc2ccc(F)cc2F)C2Cc3ccccc3C2)cc1C. The van der Waals surface area contributed by atoms with Gasteiger partial charge >= 0.3 is 6.03 Å². The monoisotopic (exact) mass is 436 g/mol. The number of ether oxygens (including phenoxy) is 1. The van der Waals surface area contributed by atoms with Crippen molar-refractivity contribution in [1.82, 2.24) is 4.90 Å². The van der Waals surface area contributed by atoms with Gasteiger partial charge in [-0.15, -0.1) is 0 Å². The van der Waals surface area contributed by atoms with Crippen molar-refractivity contribution in [3.63, 3.8) is 0 Å². The summed E-state index contributed by atoms with van der Waals surface area (Å²) >= 11 is 0. The van der Waals surface area contributed by atoms with Crippen LogP contribution in [0, 0.1) is 25.5 Å². The standard InChI is InChI=1S/C26H26F2N2O2/c1-16-11-25(32-3)17(2)10-20(16)15-30(22-12-18-6-4-5-7-19(18)13-22)26(31)29-24-9-8-21(27)14-23(24)28/h4-11,14,22H,12-13,15H2,1-3H3,(H,29,31). The molecule has 0 bridgehead atoms. The van der Waals surface area contributed by atoms with Crippen molar-refractivity contribution < 1.29 is 18.3 Å². The first-order chi connectivity index (χ1) is 15.4. The number of methoxy groups -OCH3 is 1. The zero-order valence-electron chi connectivity index (χ0n) is 18.4. The smallest absolute Gasteiger partial charge is 0.322 e. The Morgan fingerprint density at radius 1 is 1.03 bits per heavy atom. The normalized spacial score (nSPS) is 13.0. The summed E-state index contributed by atoms with van der Waals surface area (Å²) < 4.78 is 32.9. The van der Waals surface area contributed by atoms with Crippen LogP contribution in [0.1, 0.15) is 27.8 Å². The molecule has 3 aromatic rings. The van der Waals surface area contributed by atoms with Crippen molar-refractivity contribution in [2.24, 2.45) is 0 Å². The fourth-order valence-corrected chi connectivity index (χ4v) is 4.32. The average molecular weight is 437 g/mol. The van der Waals surface area contributed by atoms with Crippen molar-refractivity contribution in [3.8, 4) is 5.75 Å². The highest BCUT2D eigenvalue weighted by molar-refractivity contribution is 5.89. The quantitative estimate of drug-likeness (QED) is 0.550. The van der Waals surface area contributed by atoms with Crippen molar-refractivity contribution in [3.05, 3.63) is 94.0 Å². The largest absolute Gasteiger partial charge is 0.496 e. The molecule has 2 amide bonds. The molecule has 1 aliphatic carbocycles.